The lowest BCUT2D eigenvalue weighted by molar-refractivity contribution is 0.199. The number of hydrogen-bond donors (Lipinski definition) is 1. The van der Waals surface area contributed by atoms with Gasteiger partial charge in [-0.3, -0.25) is 0 Å². The molecule has 112 valence electrons. The predicted octanol–water partition coefficient (Wildman–Crippen LogP) is 2.85. The molecule has 0 bridgehead atoms. The Kier molecular flexibility index (Phi) is 5.53. The Morgan fingerprint density at radius 1 is 1.20 bits per heavy atom. The number of rotatable bonds is 6. The van der Waals surface area contributed by atoms with Crippen LogP contribution in [-0.2, 0) is 0 Å². The topological polar surface area (TPSA) is 33.7 Å². The SMILES string of the molecule is COc1ccc(NCCN2CCC(C)CC2)c(OC)c1. The van der Waals surface area contributed by atoms with E-state index in [2.05, 4.69) is 17.1 Å². The van der Waals surface area contributed by atoms with Crippen LogP contribution >= 0.6 is 0 Å². The maximum atomic E-state index is 5.39. The van der Waals surface area contributed by atoms with E-state index in [-0.39, 0.29) is 0 Å². The van der Waals surface area contributed by atoms with E-state index in [4.69, 9.17) is 9.47 Å². The second kappa shape index (κ2) is 7.39. The maximum absolute atomic E-state index is 5.39. The van der Waals surface area contributed by atoms with E-state index in [0.29, 0.717) is 0 Å². The zero-order chi connectivity index (χ0) is 14.4. The fraction of sp³-hybridized carbons (Fsp3) is 0.625. The van der Waals surface area contributed by atoms with E-state index in [1.807, 2.05) is 18.2 Å². The number of likely N-dealkylation sites (tertiary alicyclic amines) is 1. The minimum absolute atomic E-state index is 0.817. The van der Waals surface area contributed by atoms with Crippen molar-refractivity contribution in [3.63, 3.8) is 0 Å². The van der Waals surface area contributed by atoms with Gasteiger partial charge in [0, 0.05) is 19.2 Å². The fourth-order valence-electron chi connectivity index (χ4n) is 2.58. The number of nitrogens with one attached hydrogen (secondary N) is 1. The molecule has 20 heavy (non-hydrogen) atoms. The van der Waals surface area contributed by atoms with Crippen LogP contribution in [0.3, 0.4) is 0 Å². The summed E-state index contributed by atoms with van der Waals surface area (Å²) >= 11 is 0. The first-order valence-corrected chi connectivity index (χ1v) is 7.41. The molecule has 1 aliphatic heterocycles. The smallest absolute Gasteiger partial charge is 0.145 e. The van der Waals surface area contributed by atoms with E-state index in [9.17, 15) is 0 Å². The van der Waals surface area contributed by atoms with Crippen molar-refractivity contribution in [2.24, 2.45) is 5.92 Å². The molecule has 0 atom stereocenters. The summed E-state index contributed by atoms with van der Waals surface area (Å²) in [6.07, 6.45) is 2.65. The molecule has 0 aliphatic carbocycles. The highest BCUT2D eigenvalue weighted by Crippen LogP contribution is 2.28. The molecule has 0 radical (unpaired) electrons. The van der Waals surface area contributed by atoms with Gasteiger partial charge in [-0.05, 0) is 44.0 Å². The van der Waals surface area contributed by atoms with Crippen LogP contribution < -0.4 is 14.8 Å². The maximum Gasteiger partial charge on any atom is 0.145 e. The van der Waals surface area contributed by atoms with Crippen molar-refractivity contribution in [3.8, 4) is 11.5 Å². The van der Waals surface area contributed by atoms with Gasteiger partial charge in [0.15, 0.2) is 0 Å². The summed E-state index contributed by atoms with van der Waals surface area (Å²) in [5.74, 6) is 2.54. The van der Waals surface area contributed by atoms with Crippen LogP contribution in [0.25, 0.3) is 0 Å². The van der Waals surface area contributed by atoms with Crippen LogP contribution in [-0.4, -0.2) is 45.3 Å². The molecule has 0 spiro atoms. The zero-order valence-electron chi connectivity index (χ0n) is 12.8. The van der Waals surface area contributed by atoms with Crippen molar-refractivity contribution in [2.45, 2.75) is 19.8 Å². The summed E-state index contributed by atoms with van der Waals surface area (Å²) in [6.45, 7) is 6.82. The number of ether oxygens (including phenoxy) is 2. The van der Waals surface area contributed by atoms with Gasteiger partial charge < -0.3 is 19.7 Å². The lowest BCUT2D eigenvalue weighted by Crippen LogP contribution is -2.36. The second-order valence-electron chi connectivity index (χ2n) is 5.52. The minimum atomic E-state index is 0.817. The highest BCUT2D eigenvalue weighted by molar-refractivity contribution is 5.59. The molecule has 1 saturated heterocycles. The average molecular weight is 278 g/mol. The quantitative estimate of drug-likeness (QED) is 0.867. The Hall–Kier alpha value is -1.42. The van der Waals surface area contributed by atoms with Crippen LogP contribution in [0.15, 0.2) is 18.2 Å². The third-order valence-electron chi connectivity index (χ3n) is 4.03. The first-order valence-electron chi connectivity index (χ1n) is 7.41. The second-order valence-corrected chi connectivity index (χ2v) is 5.52. The van der Waals surface area contributed by atoms with Gasteiger partial charge in [0.2, 0.25) is 0 Å². The molecule has 0 unspecified atom stereocenters. The molecule has 1 aromatic rings. The standard InChI is InChI=1S/C16H26N2O2/c1-13-6-9-18(10-7-13)11-8-17-15-5-4-14(19-2)12-16(15)20-3/h4-5,12-13,17H,6-11H2,1-3H3. The van der Waals surface area contributed by atoms with Gasteiger partial charge in [0.1, 0.15) is 11.5 Å². The summed E-state index contributed by atoms with van der Waals surface area (Å²) in [5, 5.41) is 3.45. The Labute approximate surface area is 122 Å². The Morgan fingerprint density at radius 2 is 1.95 bits per heavy atom. The zero-order valence-corrected chi connectivity index (χ0v) is 12.8. The molecular formula is C16H26N2O2. The van der Waals surface area contributed by atoms with Gasteiger partial charge >= 0.3 is 0 Å². The van der Waals surface area contributed by atoms with Gasteiger partial charge in [-0.25, -0.2) is 0 Å². The molecule has 0 saturated carbocycles. The van der Waals surface area contributed by atoms with E-state index in [0.717, 1.165) is 36.2 Å². The van der Waals surface area contributed by atoms with Crippen LogP contribution in [0.1, 0.15) is 19.8 Å². The Bertz CT molecular complexity index is 415. The third kappa shape index (κ3) is 4.04. The average Bonchev–Trinajstić information content (AvgIpc) is 2.49. The van der Waals surface area contributed by atoms with Crippen molar-refractivity contribution in [1.29, 1.82) is 0 Å². The summed E-state index contributed by atoms with van der Waals surface area (Å²) < 4.78 is 10.6. The van der Waals surface area contributed by atoms with Crippen molar-refractivity contribution < 1.29 is 9.47 Å². The van der Waals surface area contributed by atoms with Crippen LogP contribution in [0.4, 0.5) is 5.69 Å². The molecule has 1 fully saturated rings. The van der Waals surface area contributed by atoms with Gasteiger partial charge in [0.05, 0.1) is 19.9 Å². The monoisotopic (exact) mass is 278 g/mol. The number of nitrogens with zero attached hydrogens (tertiary/aromatic N) is 1. The first-order chi connectivity index (χ1) is 9.72. The van der Waals surface area contributed by atoms with E-state index >= 15 is 0 Å². The van der Waals surface area contributed by atoms with Crippen LogP contribution in [0.2, 0.25) is 0 Å². The van der Waals surface area contributed by atoms with Crippen LogP contribution in [0.5, 0.6) is 11.5 Å². The van der Waals surface area contributed by atoms with Crippen LogP contribution in [0, 0.1) is 5.92 Å². The molecule has 1 N–H and O–H groups in total. The summed E-state index contributed by atoms with van der Waals surface area (Å²) in [6, 6.07) is 5.87. The molecule has 0 amide bonds. The molecular weight excluding hydrogens is 252 g/mol. The summed E-state index contributed by atoms with van der Waals surface area (Å²) in [7, 11) is 3.35. The normalized spacial score (nSPS) is 16.9. The third-order valence-corrected chi connectivity index (χ3v) is 4.03. The Morgan fingerprint density at radius 3 is 2.60 bits per heavy atom. The highest BCUT2D eigenvalue weighted by Gasteiger charge is 2.15. The van der Waals surface area contributed by atoms with Crippen molar-refractivity contribution in [1.82, 2.24) is 4.90 Å². The summed E-state index contributed by atoms with van der Waals surface area (Å²) in [5.41, 5.74) is 1.03. The molecule has 2 rings (SSSR count). The van der Waals surface area contributed by atoms with Gasteiger partial charge in [0.25, 0.3) is 0 Å². The molecule has 4 heteroatoms. The Balaban J connectivity index is 1.81. The lowest BCUT2D eigenvalue weighted by Gasteiger charge is -2.30. The highest BCUT2D eigenvalue weighted by atomic mass is 16.5. The van der Waals surface area contributed by atoms with E-state index in [1.54, 1.807) is 14.2 Å². The molecule has 1 heterocycles. The number of hydrogen-bond acceptors (Lipinski definition) is 4. The predicted molar refractivity (Wildman–Crippen MR) is 82.9 cm³/mol. The lowest BCUT2D eigenvalue weighted by atomic mass is 9.99. The number of benzene rings is 1. The number of piperidine rings is 1. The van der Waals surface area contributed by atoms with Crippen molar-refractivity contribution in [3.05, 3.63) is 18.2 Å². The molecule has 1 aromatic carbocycles. The summed E-state index contributed by atoms with van der Waals surface area (Å²) in [4.78, 5) is 2.53. The van der Waals surface area contributed by atoms with Gasteiger partial charge in [-0.1, -0.05) is 6.92 Å². The fourth-order valence-corrected chi connectivity index (χ4v) is 2.58. The van der Waals surface area contributed by atoms with E-state index < -0.39 is 0 Å². The number of anilines is 1. The van der Waals surface area contributed by atoms with E-state index in [1.165, 1.54) is 25.9 Å². The molecule has 0 aromatic heterocycles. The van der Waals surface area contributed by atoms with Gasteiger partial charge in [-0.15, -0.1) is 0 Å². The molecule has 4 nitrogen and oxygen atoms in total. The largest absolute Gasteiger partial charge is 0.497 e. The van der Waals surface area contributed by atoms with Crippen molar-refractivity contribution >= 4 is 5.69 Å². The number of methoxy groups -OCH3 is 2. The first kappa shape index (κ1) is 15.0. The van der Waals surface area contributed by atoms with Crippen molar-refractivity contribution in [2.75, 3.05) is 45.7 Å². The molecule has 1 aliphatic rings. The van der Waals surface area contributed by atoms with Gasteiger partial charge in [-0.2, -0.15) is 0 Å². The minimum Gasteiger partial charge on any atom is -0.497 e.